The number of fused-ring (bicyclic) bond motifs is 1. The van der Waals surface area contributed by atoms with Crippen LogP contribution in [0.5, 0.6) is 0 Å². The monoisotopic (exact) mass is 245 g/mol. The van der Waals surface area contributed by atoms with E-state index in [0.717, 1.165) is 42.5 Å². The van der Waals surface area contributed by atoms with Crippen LogP contribution in [0.15, 0.2) is 30.6 Å². The van der Waals surface area contributed by atoms with Crippen LogP contribution in [0, 0.1) is 0 Å². The van der Waals surface area contributed by atoms with Crippen molar-refractivity contribution in [2.45, 2.75) is 19.3 Å². The van der Waals surface area contributed by atoms with Gasteiger partial charge in [0.15, 0.2) is 0 Å². The van der Waals surface area contributed by atoms with Crippen molar-refractivity contribution in [3.05, 3.63) is 30.6 Å². The zero-order chi connectivity index (χ0) is 12.8. The summed E-state index contributed by atoms with van der Waals surface area (Å²) in [6, 6.07) is 8.05. The van der Waals surface area contributed by atoms with Gasteiger partial charge in [-0.05, 0) is 31.4 Å². The lowest BCUT2D eigenvalue weighted by molar-refractivity contribution is 0.283. The second-order valence-electron chi connectivity index (χ2n) is 4.42. The molecule has 0 bridgehead atoms. The maximum Gasteiger partial charge on any atom is 0.139 e. The van der Waals surface area contributed by atoms with Crippen LogP contribution in [-0.2, 0) is 0 Å². The molecule has 2 rings (SSSR count). The van der Waals surface area contributed by atoms with Gasteiger partial charge in [-0.2, -0.15) is 0 Å². The summed E-state index contributed by atoms with van der Waals surface area (Å²) < 4.78 is 0. The first-order valence-electron chi connectivity index (χ1n) is 6.34. The number of unbranched alkanes of at least 4 members (excludes halogenated alkanes) is 2. The number of rotatable bonds is 6. The Labute approximate surface area is 107 Å². The van der Waals surface area contributed by atoms with Crippen molar-refractivity contribution in [2.24, 2.45) is 0 Å². The van der Waals surface area contributed by atoms with Crippen LogP contribution in [0.1, 0.15) is 19.3 Å². The van der Waals surface area contributed by atoms with Crippen molar-refractivity contribution in [3.8, 4) is 0 Å². The molecule has 0 fully saturated rings. The van der Waals surface area contributed by atoms with Crippen LogP contribution in [0.2, 0.25) is 0 Å². The van der Waals surface area contributed by atoms with Crippen LogP contribution in [-0.4, -0.2) is 35.3 Å². The Morgan fingerprint density at radius 3 is 2.78 bits per heavy atom. The van der Waals surface area contributed by atoms with Gasteiger partial charge in [-0.15, -0.1) is 0 Å². The smallest absolute Gasteiger partial charge is 0.139 e. The quantitative estimate of drug-likeness (QED) is 0.793. The largest absolute Gasteiger partial charge is 0.396 e. The molecular formula is C14H19N3O. The molecule has 0 radical (unpaired) electrons. The van der Waals surface area contributed by atoms with Gasteiger partial charge in [-0.3, -0.25) is 0 Å². The summed E-state index contributed by atoms with van der Waals surface area (Å²) in [5.74, 6) is 0.976. The molecule has 0 aliphatic rings. The standard InChI is InChI=1S/C14H19N3O/c1-17(9-5-2-6-10-18)14-12-7-3-4-8-13(12)15-11-16-14/h3-4,7-8,11,18H,2,5-6,9-10H2,1H3. The molecule has 18 heavy (non-hydrogen) atoms. The molecule has 96 valence electrons. The van der Waals surface area contributed by atoms with Crippen LogP contribution in [0.3, 0.4) is 0 Å². The van der Waals surface area contributed by atoms with Crippen molar-refractivity contribution in [1.29, 1.82) is 0 Å². The number of aromatic nitrogens is 2. The van der Waals surface area contributed by atoms with E-state index in [0.29, 0.717) is 0 Å². The third-order valence-corrected chi connectivity index (χ3v) is 3.04. The lowest BCUT2D eigenvalue weighted by Crippen LogP contribution is -2.20. The van der Waals surface area contributed by atoms with Crippen LogP contribution in [0.25, 0.3) is 10.9 Å². The van der Waals surface area contributed by atoms with Crippen LogP contribution >= 0.6 is 0 Å². The fourth-order valence-corrected chi connectivity index (χ4v) is 2.04. The summed E-state index contributed by atoms with van der Waals surface area (Å²) in [7, 11) is 2.05. The number of aliphatic hydroxyl groups is 1. The molecular weight excluding hydrogens is 226 g/mol. The van der Waals surface area contributed by atoms with E-state index in [2.05, 4.69) is 20.9 Å². The SMILES string of the molecule is CN(CCCCCO)c1ncnc2ccccc12. The molecule has 1 aromatic heterocycles. The molecule has 2 aromatic rings. The number of para-hydroxylation sites is 1. The first-order valence-corrected chi connectivity index (χ1v) is 6.34. The van der Waals surface area contributed by atoms with E-state index in [-0.39, 0.29) is 6.61 Å². The average Bonchev–Trinajstić information content (AvgIpc) is 2.43. The van der Waals surface area contributed by atoms with Gasteiger partial charge in [0.1, 0.15) is 12.1 Å². The molecule has 4 nitrogen and oxygen atoms in total. The molecule has 0 aliphatic carbocycles. The zero-order valence-corrected chi connectivity index (χ0v) is 10.7. The van der Waals surface area contributed by atoms with Gasteiger partial charge in [0, 0.05) is 25.6 Å². The Balaban J connectivity index is 2.10. The van der Waals surface area contributed by atoms with Crippen LogP contribution < -0.4 is 4.90 Å². The molecule has 1 aromatic carbocycles. The van der Waals surface area contributed by atoms with Gasteiger partial charge in [0.05, 0.1) is 5.52 Å². The second kappa shape index (κ2) is 6.31. The molecule has 0 aliphatic heterocycles. The molecule has 0 amide bonds. The van der Waals surface area contributed by atoms with Gasteiger partial charge in [0.25, 0.3) is 0 Å². The predicted molar refractivity (Wildman–Crippen MR) is 73.7 cm³/mol. The Morgan fingerprint density at radius 2 is 1.94 bits per heavy atom. The normalized spacial score (nSPS) is 10.8. The highest BCUT2D eigenvalue weighted by Gasteiger charge is 2.07. The highest BCUT2D eigenvalue weighted by molar-refractivity contribution is 5.88. The third-order valence-electron chi connectivity index (χ3n) is 3.04. The maximum absolute atomic E-state index is 8.76. The summed E-state index contributed by atoms with van der Waals surface area (Å²) in [5.41, 5.74) is 0.977. The minimum absolute atomic E-state index is 0.278. The van der Waals surface area contributed by atoms with E-state index < -0.39 is 0 Å². The first kappa shape index (κ1) is 12.8. The van der Waals surface area contributed by atoms with E-state index in [9.17, 15) is 0 Å². The average molecular weight is 245 g/mol. The highest BCUT2D eigenvalue weighted by atomic mass is 16.2. The van der Waals surface area contributed by atoms with Crippen molar-refractivity contribution >= 4 is 16.7 Å². The Morgan fingerprint density at radius 1 is 1.11 bits per heavy atom. The summed E-state index contributed by atoms with van der Waals surface area (Å²) in [6.45, 7) is 1.22. The molecule has 0 saturated carbocycles. The van der Waals surface area contributed by atoms with Crippen molar-refractivity contribution in [1.82, 2.24) is 9.97 Å². The summed E-state index contributed by atoms with van der Waals surface area (Å²) in [4.78, 5) is 10.8. The molecule has 0 atom stereocenters. The van der Waals surface area contributed by atoms with E-state index in [1.54, 1.807) is 6.33 Å². The molecule has 0 spiro atoms. The Hall–Kier alpha value is -1.68. The first-order chi connectivity index (χ1) is 8.83. The summed E-state index contributed by atoms with van der Waals surface area (Å²) in [6.07, 6.45) is 4.60. The fourth-order valence-electron chi connectivity index (χ4n) is 2.04. The minimum atomic E-state index is 0.278. The van der Waals surface area contributed by atoms with Crippen molar-refractivity contribution in [3.63, 3.8) is 0 Å². The van der Waals surface area contributed by atoms with E-state index >= 15 is 0 Å². The minimum Gasteiger partial charge on any atom is -0.396 e. The molecule has 1 heterocycles. The number of hydrogen-bond acceptors (Lipinski definition) is 4. The van der Waals surface area contributed by atoms with Gasteiger partial charge in [-0.1, -0.05) is 12.1 Å². The van der Waals surface area contributed by atoms with E-state index in [1.165, 1.54) is 0 Å². The van der Waals surface area contributed by atoms with Gasteiger partial charge in [-0.25, -0.2) is 9.97 Å². The lowest BCUT2D eigenvalue weighted by atomic mass is 10.2. The predicted octanol–water partition coefficient (Wildman–Crippen LogP) is 2.23. The van der Waals surface area contributed by atoms with E-state index in [1.807, 2.05) is 25.2 Å². The highest BCUT2D eigenvalue weighted by Crippen LogP contribution is 2.21. The van der Waals surface area contributed by atoms with Crippen LogP contribution in [0.4, 0.5) is 5.82 Å². The van der Waals surface area contributed by atoms with Gasteiger partial charge in [0.2, 0.25) is 0 Å². The zero-order valence-electron chi connectivity index (χ0n) is 10.7. The molecule has 0 unspecified atom stereocenters. The molecule has 0 saturated heterocycles. The van der Waals surface area contributed by atoms with Crippen molar-refractivity contribution in [2.75, 3.05) is 25.1 Å². The molecule has 4 heteroatoms. The maximum atomic E-state index is 8.76. The number of hydrogen-bond donors (Lipinski definition) is 1. The van der Waals surface area contributed by atoms with Crippen molar-refractivity contribution < 1.29 is 5.11 Å². The second-order valence-corrected chi connectivity index (χ2v) is 4.42. The molecule has 1 N–H and O–H groups in total. The van der Waals surface area contributed by atoms with Gasteiger partial charge >= 0.3 is 0 Å². The van der Waals surface area contributed by atoms with E-state index in [4.69, 9.17) is 5.11 Å². The topological polar surface area (TPSA) is 49.2 Å². The van der Waals surface area contributed by atoms with Gasteiger partial charge < -0.3 is 10.0 Å². The number of aliphatic hydroxyl groups excluding tert-OH is 1. The number of nitrogens with zero attached hydrogens (tertiary/aromatic N) is 3. The fraction of sp³-hybridized carbons (Fsp3) is 0.429. The third kappa shape index (κ3) is 2.96. The Kier molecular flexibility index (Phi) is 4.47. The number of anilines is 1. The lowest BCUT2D eigenvalue weighted by Gasteiger charge is -2.19. The Bertz CT molecular complexity index is 496. The number of benzene rings is 1. The summed E-state index contributed by atoms with van der Waals surface area (Å²) >= 11 is 0. The summed E-state index contributed by atoms with van der Waals surface area (Å²) in [5, 5.41) is 9.84.